The second-order valence-corrected chi connectivity index (χ2v) is 6.05. The Kier molecular flexibility index (Phi) is 4.68. The molecule has 1 N–H and O–H groups in total. The van der Waals surface area contributed by atoms with Crippen LogP contribution >= 0.6 is 11.3 Å². The first-order valence-electron chi connectivity index (χ1n) is 7.46. The number of hydrogen-bond acceptors (Lipinski definition) is 6. The lowest BCUT2D eigenvalue weighted by molar-refractivity contribution is -0.117. The van der Waals surface area contributed by atoms with Crippen molar-refractivity contribution in [1.29, 1.82) is 0 Å². The molecule has 1 aromatic carbocycles. The number of hydrogen-bond donors (Lipinski definition) is 1. The van der Waals surface area contributed by atoms with Gasteiger partial charge in [0.15, 0.2) is 0 Å². The van der Waals surface area contributed by atoms with E-state index in [4.69, 9.17) is 4.42 Å². The molecule has 0 spiro atoms. The minimum Gasteiger partial charge on any atom is -0.459 e. The Balaban J connectivity index is 1.70. The number of aromatic nitrogens is 2. The van der Waals surface area contributed by atoms with E-state index < -0.39 is 0 Å². The molecule has 1 atom stereocenters. The molecule has 0 aliphatic carbocycles. The van der Waals surface area contributed by atoms with E-state index in [2.05, 4.69) is 15.5 Å². The van der Waals surface area contributed by atoms with Gasteiger partial charge >= 0.3 is 0 Å². The van der Waals surface area contributed by atoms with Crippen molar-refractivity contribution in [1.82, 2.24) is 15.1 Å². The van der Waals surface area contributed by atoms with Crippen LogP contribution in [0, 0.1) is 0 Å². The average Bonchev–Trinajstić information content (AvgIpc) is 3.20. The molecule has 7 heteroatoms. The molecule has 120 valence electrons. The summed E-state index contributed by atoms with van der Waals surface area (Å²) in [4.78, 5) is 14.2. The SMILES string of the molecule is CCN(CC(=O)Nc1nncs1)C(C)c1cc2ccccc2o1. The Labute approximate surface area is 138 Å². The number of nitrogens with zero attached hydrogens (tertiary/aromatic N) is 3. The Morgan fingerprint density at radius 2 is 2.26 bits per heavy atom. The number of para-hydroxylation sites is 1. The highest BCUT2D eigenvalue weighted by Gasteiger charge is 2.21. The Bertz CT molecular complexity index is 751. The summed E-state index contributed by atoms with van der Waals surface area (Å²) >= 11 is 1.30. The second-order valence-electron chi connectivity index (χ2n) is 5.22. The third kappa shape index (κ3) is 3.57. The van der Waals surface area contributed by atoms with Crippen LogP contribution in [0.1, 0.15) is 25.6 Å². The van der Waals surface area contributed by atoms with Gasteiger partial charge < -0.3 is 4.42 Å². The van der Waals surface area contributed by atoms with Crippen molar-refractivity contribution in [3.8, 4) is 0 Å². The molecule has 0 radical (unpaired) electrons. The lowest BCUT2D eigenvalue weighted by atomic mass is 10.2. The number of anilines is 1. The molecule has 0 aliphatic heterocycles. The Morgan fingerprint density at radius 3 is 2.96 bits per heavy atom. The summed E-state index contributed by atoms with van der Waals surface area (Å²) in [7, 11) is 0. The van der Waals surface area contributed by atoms with Gasteiger partial charge in [0.1, 0.15) is 16.9 Å². The fourth-order valence-corrected chi connectivity index (χ4v) is 2.94. The molecule has 1 amide bonds. The van der Waals surface area contributed by atoms with Gasteiger partial charge in [-0.3, -0.25) is 15.0 Å². The van der Waals surface area contributed by atoms with E-state index in [0.717, 1.165) is 23.3 Å². The van der Waals surface area contributed by atoms with Gasteiger partial charge in [-0.15, -0.1) is 10.2 Å². The van der Waals surface area contributed by atoms with Crippen molar-refractivity contribution >= 4 is 33.3 Å². The van der Waals surface area contributed by atoms with Crippen molar-refractivity contribution in [2.75, 3.05) is 18.4 Å². The van der Waals surface area contributed by atoms with Crippen LogP contribution in [0.4, 0.5) is 5.13 Å². The number of nitrogens with one attached hydrogen (secondary N) is 1. The first kappa shape index (κ1) is 15.6. The molecular formula is C16H18N4O2S. The van der Waals surface area contributed by atoms with Crippen molar-refractivity contribution in [2.24, 2.45) is 0 Å². The van der Waals surface area contributed by atoms with Crippen LogP contribution in [0.15, 0.2) is 40.3 Å². The first-order chi connectivity index (χ1) is 11.2. The second kappa shape index (κ2) is 6.89. The van der Waals surface area contributed by atoms with Crippen molar-refractivity contribution in [3.63, 3.8) is 0 Å². The van der Waals surface area contributed by atoms with E-state index in [-0.39, 0.29) is 18.5 Å². The molecule has 0 saturated heterocycles. The molecule has 6 nitrogen and oxygen atoms in total. The van der Waals surface area contributed by atoms with E-state index in [9.17, 15) is 4.79 Å². The van der Waals surface area contributed by atoms with Gasteiger partial charge in [-0.2, -0.15) is 0 Å². The van der Waals surface area contributed by atoms with E-state index in [1.807, 2.05) is 49.1 Å². The molecule has 0 bridgehead atoms. The largest absolute Gasteiger partial charge is 0.459 e. The van der Waals surface area contributed by atoms with E-state index in [1.165, 1.54) is 11.3 Å². The maximum Gasteiger partial charge on any atom is 0.240 e. The van der Waals surface area contributed by atoms with Gasteiger partial charge in [0, 0.05) is 5.39 Å². The van der Waals surface area contributed by atoms with Crippen LogP contribution in [0.5, 0.6) is 0 Å². The van der Waals surface area contributed by atoms with Gasteiger partial charge in [-0.25, -0.2) is 0 Å². The number of benzene rings is 1. The summed E-state index contributed by atoms with van der Waals surface area (Å²) in [5.74, 6) is 0.753. The van der Waals surface area contributed by atoms with Gasteiger partial charge in [-0.05, 0) is 25.6 Å². The lowest BCUT2D eigenvalue weighted by Crippen LogP contribution is -2.35. The molecule has 2 aromatic heterocycles. The number of carbonyl (C=O) groups is 1. The van der Waals surface area contributed by atoms with Crippen molar-refractivity contribution < 1.29 is 9.21 Å². The lowest BCUT2D eigenvalue weighted by Gasteiger charge is -2.25. The zero-order valence-corrected chi connectivity index (χ0v) is 13.8. The number of furan rings is 1. The predicted octanol–water partition coefficient (Wildman–Crippen LogP) is 3.31. The molecule has 23 heavy (non-hydrogen) atoms. The summed E-state index contributed by atoms with van der Waals surface area (Å²) in [5, 5.41) is 11.9. The monoisotopic (exact) mass is 330 g/mol. The zero-order chi connectivity index (χ0) is 16.2. The molecule has 0 saturated carbocycles. The smallest absolute Gasteiger partial charge is 0.240 e. The van der Waals surface area contributed by atoms with Gasteiger partial charge in [0.05, 0.1) is 12.6 Å². The highest BCUT2D eigenvalue weighted by atomic mass is 32.1. The van der Waals surface area contributed by atoms with E-state index in [0.29, 0.717) is 5.13 Å². The number of fused-ring (bicyclic) bond motifs is 1. The summed E-state index contributed by atoms with van der Waals surface area (Å²) in [6.07, 6.45) is 0. The third-order valence-electron chi connectivity index (χ3n) is 3.76. The first-order valence-corrected chi connectivity index (χ1v) is 8.34. The fraction of sp³-hybridized carbons (Fsp3) is 0.312. The summed E-state index contributed by atoms with van der Waals surface area (Å²) < 4.78 is 5.91. The highest BCUT2D eigenvalue weighted by molar-refractivity contribution is 7.13. The van der Waals surface area contributed by atoms with Gasteiger partial charge in [0.2, 0.25) is 11.0 Å². The molecule has 1 unspecified atom stereocenters. The quantitative estimate of drug-likeness (QED) is 0.751. The van der Waals surface area contributed by atoms with Crippen LogP contribution in [0.25, 0.3) is 11.0 Å². The average molecular weight is 330 g/mol. The van der Waals surface area contributed by atoms with Crippen LogP contribution in [0.2, 0.25) is 0 Å². The summed E-state index contributed by atoms with van der Waals surface area (Å²) in [6.45, 7) is 5.08. The predicted molar refractivity (Wildman–Crippen MR) is 90.4 cm³/mol. The van der Waals surface area contributed by atoms with Crippen LogP contribution in [-0.4, -0.2) is 34.1 Å². The van der Waals surface area contributed by atoms with E-state index >= 15 is 0 Å². The Morgan fingerprint density at radius 1 is 1.43 bits per heavy atom. The van der Waals surface area contributed by atoms with Crippen LogP contribution in [0.3, 0.4) is 0 Å². The summed E-state index contributed by atoms with van der Waals surface area (Å²) in [6, 6.07) is 9.95. The molecular weight excluding hydrogens is 312 g/mol. The number of rotatable bonds is 6. The zero-order valence-electron chi connectivity index (χ0n) is 13.0. The molecule has 3 aromatic rings. The van der Waals surface area contributed by atoms with Gasteiger partial charge in [-0.1, -0.05) is 36.5 Å². The topological polar surface area (TPSA) is 71.3 Å². The van der Waals surface area contributed by atoms with Gasteiger partial charge in [0.25, 0.3) is 0 Å². The standard InChI is InChI=1S/C16H18N4O2S/c1-3-20(9-15(21)18-16-19-17-10-23-16)11(2)14-8-12-6-4-5-7-13(12)22-14/h4-8,10-11H,3,9H2,1-2H3,(H,18,19,21). The molecule has 0 fully saturated rings. The number of amides is 1. The van der Waals surface area contributed by atoms with Crippen LogP contribution < -0.4 is 5.32 Å². The minimum absolute atomic E-state index is 0.00701. The molecule has 0 aliphatic rings. The third-order valence-corrected chi connectivity index (χ3v) is 4.37. The highest BCUT2D eigenvalue weighted by Crippen LogP contribution is 2.27. The summed E-state index contributed by atoms with van der Waals surface area (Å²) in [5.41, 5.74) is 2.45. The maximum absolute atomic E-state index is 12.1. The van der Waals surface area contributed by atoms with E-state index in [1.54, 1.807) is 5.51 Å². The number of carbonyl (C=O) groups excluding carboxylic acids is 1. The minimum atomic E-state index is -0.105. The van der Waals surface area contributed by atoms with Crippen molar-refractivity contribution in [2.45, 2.75) is 19.9 Å². The normalized spacial score (nSPS) is 12.7. The molecule has 2 heterocycles. The van der Waals surface area contributed by atoms with Crippen LogP contribution in [-0.2, 0) is 4.79 Å². The number of likely N-dealkylation sites (N-methyl/N-ethyl adjacent to an activating group) is 1. The maximum atomic E-state index is 12.1. The van der Waals surface area contributed by atoms with Crippen molar-refractivity contribution in [3.05, 3.63) is 41.6 Å². The fourth-order valence-electron chi connectivity index (χ4n) is 2.48. The Hall–Kier alpha value is -2.25. The molecule has 3 rings (SSSR count).